The number of nitrogens with one attached hydrogen (secondary N) is 2. The lowest BCUT2D eigenvalue weighted by molar-refractivity contribution is 0.244. The average Bonchev–Trinajstić information content (AvgIpc) is 3.58. The molecule has 0 saturated heterocycles. The first-order chi connectivity index (χ1) is 17.4. The minimum atomic E-state index is -3.25. The maximum atomic E-state index is 12.5. The van der Waals surface area contributed by atoms with Crippen molar-refractivity contribution in [1.29, 1.82) is 0 Å². The minimum absolute atomic E-state index is 0.0225. The quantitative estimate of drug-likeness (QED) is 0.391. The number of thioether (sulfide) groups is 1. The number of aliphatic hydroxyl groups is 1. The molecule has 0 aromatic heterocycles. The van der Waals surface area contributed by atoms with Gasteiger partial charge in [-0.05, 0) is 72.1 Å². The van der Waals surface area contributed by atoms with Crippen LogP contribution in [0.15, 0.2) is 77.1 Å². The highest BCUT2D eigenvalue weighted by atomic mass is 32.3. The zero-order chi connectivity index (χ0) is 25.1. The van der Waals surface area contributed by atoms with Gasteiger partial charge in [0.1, 0.15) is 5.88 Å². The lowest BCUT2D eigenvalue weighted by Crippen LogP contribution is -2.34. The van der Waals surface area contributed by atoms with Gasteiger partial charge in [0.2, 0.25) is 0 Å². The molecule has 0 radical (unpaired) electrons. The zero-order valence-corrected chi connectivity index (χ0v) is 21.9. The van der Waals surface area contributed by atoms with Crippen molar-refractivity contribution in [1.82, 2.24) is 5.32 Å². The summed E-state index contributed by atoms with van der Waals surface area (Å²) < 4.78 is 25.6. The Bertz CT molecular complexity index is 1340. The average molecular weight is 521 g/mol. The van der Waals surface area contributed by atoms with Crippen molar-refractivity contribution in [2.45, 2.75) is 44.4 Å². The number of fused-ring (bicyclic) bond motifs is 1. The van der Waals surface area contributed by atoms with Crippen molar-refractivity contribution in [2.75, 3.05) is 16.9 Å². The summed E-state index contributed by atoms with van der Waals surface area (Å²) in [5.41, 5.74) is 7.35. The Kier molecular flexibility index (Phi) is 7.53. The Hall–Kier alpha value is -2.58. The highest BCUT2D eigenvalue weighted by Gasteiger charge is 2.26. The SMILES string of the molecule is C=Cc1ccc(C2=CCCC=C2C(O)Nc2ccc3c(c2)CC(NCS(=O)(=O)C2=CCCS2)C3)cc1. The van der Waals surface area contributed by atoms with E-state index in [4.69, 9.17) is 0 Å². The number of hydrogen-bond donors (Lipinski definition) is 3. The Morgan fingerprint density at radius 2 is 1.81 bits per heavy atom. The molecule has 2 atom stereocenters. The second-order valence-corrected chi connectivity index (χ2v) is 12.8. The largest absolute Gasteiger partial charge is 0.369 e. The smallest absolute Gasteiger partial charge is 0.196 e. The van der Waals surface area contributed by atoms with E-state index in [0.29, 0.717) is 4.24 Å². The summed E-state index contributed by atoms with van der Waals surface area (Å²) in [5.74, 6) is 0.826. The van der Waals surface area contributed by atoms with Gasteiger partial charge in [0, 0.05) is 23.1 Å². The van der Waals surface area contributed by atoms with Crippen molar-refractivity contribution in [3.8, 4) is 0 Å². The van der Waals surface area contributed by atoms with Crippen molar-refractivity contribution >= 4 is 38.9 Å². The number of anilines is 1. The molecule has 3 N–H and O–H groups in total. The monoisotopic (exact) mass is 520 g/mol. The summed E-state index contributed by atoms with van der Waals surface area (Å²) in [6.45, 7) is 3.82. The Balaban J connectivity index is 1.22. The Morgan fingerprint density at radius 3 is 2.56 bits per heavy atom. The third-order valence-corrected chi connectivity index (χ3v) is 10.3. The predicted octanol–water partition coefficient (Wildman–Crippen LogP) is 5.27. The van der Waals surface area contributed by atoms with E-state index >= 15 is 0 Å². The van der Waals surface area contributed by atoms with Gasteiger partial charge in [0.15, 0.2) is 16.1 Å². The molecule has 0 fully saturated rings. The standard InChI is InChI=1S/C29H32N2O3S2/c1-2-20-9-11-21(12-10-20)26-6-3-4-7-27(26)29(32)31-24-14-13-22-16-25(18-23(22)17-24)30-19-36(33,34)28-8-5-15-35-28/h2,6-14,17,25,29-32H,1,3-5,15-16,18-19H2. The van der Waals surface area contributed by atoms with Crippen molar-refractivity contribution in [3.63, 3.8) is 0 Å². The third-order valence-electron chi connectivity index (χ3n) is 6.93. The summed E-state index contributed by atoms with van der Waals surface area (Å²) in [6, 6.07) is 14.5. The molecule has 2 unspecified atom stereocenters. The molecule has 2 aromatic rings. The maximum Gasteiger partial charge on any atom is 0.196 e. The molecular formula is C29H32N2O3S2. The molecule has 0 bridgehead atoms. The fourth-order valence-corrected chi connectivity index (χ4v) is 7.82. The van der Waals surface area contributed by atoms with Crippen LogP contribution in [0.3, 0.4) is 0 Å². The van der Waals surface area contributed by atoms with E-state index in [2.05, 4.69) is 53.6 Å². The highest BCUT2D eigenvalue weighted by molar-refractivity contribution is 8.18. The van der Waals surface area contributed by atoms with Gasteiger partial charge in [-0.3, -0.25) is 5.32 Å². The molecule has 188 valence electrons. The minimum Gasteiger partial charge on any atom is -0.369 e. The molecule has 2 aliphatic carbocycles. The molecule has 0 saturated carbocycles. The van der Waals surface area contributed by atoms with Gasteiger partial charge in [-0.25, -0.2) is 8.42 Å². The molecule has 5 nitrogen and oxygen atoms in total. The summed E-state index contributed by atoms with van der Waals surface area (Å²) in [7, 11) is -3.25. The normalized spacial score (nSPS) is 20.2. The van der Waals surface area contributed by atoms with E-state index in [1.165, 1.54) is 22.9 Å². The summed E-state index contributed by atoms with van der Waals surface area (Å²) in [6.07, 6.45) is 11.4. The number of hydrogen-bond acceptors (Lipinski definition) is 6. The molecular weight excluding hydrogens is 488 g/mol. The number of allylic oxidation sites excluding steroid dienone is 3. The second kappa shape index (κ2) is 10.8. The number of rotatable bonds is 9. The van der Waals surface area contributed by atoms with Gasteiger partial charge in [-0.2, -0.15) is 0 Å². The fraction of sp³-hybridized carbons (Fsp3) is 0.310. The molecule has 1 aliphatic heterocycles. The van der Waals surface area contributed by atoms with Gasteiger partial charge < -0.3 is 10.4 Å². The van der Waals surface area contributed by atoms with Crippen LogP contribution in [0, 0.1) is 0 Å². The van der Waals surface area contributed by atoms with Crippen LogP contribution in [0.1, 0.15) is 41.5 Å². The summed E-state index contributed by atoms with van der Waals surface area (Å²) in [5, 5.41) is 17.6. The Morgan fingerprint density at radius 1 is 1.03 bits per heavy atom. The van der Waals surface area contributed by atoms with E-state index < -0.39 is 16.1 Å². The molecule has 36 heavy (non-hydrogen) atoms. The predicted molar refractivity (Wildman–Crippen MR) is 151 cm³/mol. The van der Waals surface area contributed by atoms with Crippen LogP contribution in [0.5, 0.6) is 0 Å². The van der Waals surface area contributed by atoms with Gasteiger partial charge >= 0.3 is 0 Å². The summed E-state index contributed by atoms with van der Waals surface area (Å²) in [4.78, 5) is 0. The first-order valence-corrected chi connectivity index (χ1v) is 15.1. The van der Waals surface area contributed by atoms with E-state index in [1.54, 1.807) is 0 Å². The van der Waals surface area contributed by atoms with Crippen LogP contribution in [0.25, 0.3) is 11.6 Å². The summed E-state index contributed by atoms with van der Waals surface area (Å²) >= 11 is 1.43. The van der Waals surface area contributed by atoms with Crippen molar-refractivity contribution in [2.24, 2.45) is 0 Å². The van der Waals surface area contributed by atoms with E-state index in [1.807, 2.05) is 30.4 Å². The van der Waals surface area contributed by atoms with Gasteiger partial charge in [-0.15, -0.1) is 11.8 Å². The first kappa shape index (κ1) is 25.1. The highest BCUT2D eigenvalue weighted by Crippen LogP contribution is 2.33. The van der Waals surface area contributed by atoms with Crippen LogP contribution in [-0.4, -0.2) is 37.4 Å². The number of sulfone groups is 1. The molecule has 3 aliphatic rings. The maximum absolute atomic E-state index is 12.5. The molecule has 0 amide bonds. The topological polar surface area (TPSA) is 78.4 Å². The van der Waals surface area contributed by atoms with Gasteiger partial charge in [-0.1, -0.05) is 61.2 Å². The van der Waals surface area contributed by atoms with E-state index in [9.17, 15) is 13.5 Å². The number of benzene rings is 2. The molecule has 7 heteroatoms. The van der Waals surface area contributed by atoms with Crippen LogP contribution >= 0.6 is 11.8 Å². The zero-order valence-electron chi connectivity index (χ0n) is 20.2. The van der Waals surface area contributed by atoms with E-state index in [-0.39, 0.29) is 11.9 Å². The van der Waals surface area contributed by atoms with Crippen LogP contribution < -0.4 is 10.6 Å². The third kappa shape index (κ3) is 5.54. The number of aliphatic hydroxyl groups excluding tert-OH is 1. The van der Waals surface area contributed by atoms with Crippen molar-refractivity contribution < 1.29 is 13.5 Å². The second-order valence-electron chi connectivity index (χ2n) is 9.44. The molecule has 2 aromatic carbocycles. The Labute approximate surface area is 218 Å². The van der Waals surface area contributed by atoms with E-state index in [0.717, 1.165) is 65.8 Å². The lowest BCUT2D eigenvalue weighted by Gasteiger charge is -2.23. The molecule has 5 rings (SSSR count). The van der Waals surface area contributed by atoms with Gasteiger partial charge in [0.05, 0.1) is 4.24 Å². The molecule has 0 spiro atoms. The lowest BCUT2D eigenvalue weighted by atomic mass is 9.90. The van der Waals surface area contributed by atoms with Crippen LogP contribution in [0.2, 0.25) is 0 Å². The fourth-order valence-electron chi connectivity index (χ4n) is 5.04. The van der Waals surface area contributed by atoms with Gasteiger partial charge in [0.25, 0.3) is 0 Å². The molecule has 1 heterocycles. The van der Waals surface area contributed by atoms with Crippen LogP contribution in [-0.2, 0) is 22.7 Å². The van der Waals surface area contributed by atoms with Crippen molar-refractivity contribution in [3.05, 3.63) is 99.3 Å². The first-order valence-electron chi connectivity index (χ1n) is 12.4. The van der Waals surface area contributed by atoms with Crippen LogP contribution in [0.4, 0.5) is 5.69 Å².